The average molecular weight is 240 g/mol. The molecule has 1 rings (SSSR count). The number of benzene rings is 1. The maximum Gasteiger partial charge on any atom is 0.123 e. The van der Waals surface area contributed by atoms with Crippen molar-refractivity contribution in [3.05, 3.63) is 29.6 Å². The lowest BCUT2D eigenvalue weighted by molar-refractivity contribution is 0.299. The highest BCUT2D eigenvalue weighted by Crippen LogP contribution is 2.32. The molecule has 0 fully saturated rings. The molecule has 0 radical (unpaired) electrons. The van der Waals surface area contributed by atoms with Crippen molar-refractivity contribution in [2.24, 2.45) is 0 Å². The molecule has 0 aliphatic rings. The van der Waals surface area contributed by atoms with E-state index in [4.69, 9.17) is 4.74 Å². The van der Waals surface area contributed by atoms with Crippen molar-refractivity contribution in [3.8, 4) is 5.75 Å². The van der Waals surface area contributed by atoms with Gasteiger partial charge in [0.05, 0.1) is 13.2 Å². The van der Waals surface area contributed by atoms with Gasteiger partial charge in [0.25, 0.3) is 0 Å². The van der Waals surface area contributed by atoms with Crippen molar-refractivity contribution in [1.82, 2.24) is 10.6 Å². The molecule has 0 saturated heterocycles. The zero-order valence-electron chi connectivity index (χ0n) is 11.1. The second-order valence-corrected chi connectivity index (χ2v) is 4.58. The molecule has 0 amide bonds. The molecule has 0 aliphatic heterocycles. The van der Waals surface area contributed by atoms with Gasteiger partial charge in [-0.25, -0.2) is 4.39 Å². The van der Waals surface area contributed by atoms with Crippen molar-refractivity contribution >= 4 is 0 Å². The van der Waals surface area contributed by atoms with Gasteiger partial charge in [-0.3, -0.25) is 0 Å². The summed E-state index contributed by atoms with van der Waals surface area (Å²) in [7, 11) is 5.33. The Kier molecular flexibility index (Phi) is 4.48. The van der Waals surface area contributed by atoms with E-state index in [0.717, 1.165) is 5.56 Å². The Bertz CT molecular complexity index is 380. The van der Waals surface area contributed by atoms with Crippen LogP contribution in [0.4, 0.5) is 4.39 Å². The molecule has 0 saturated carbocycles. The minimum Gasteiger partial charge on any atom is -0.496 e. The number of halogens is 1. The third kappa shape index (κ3) is 2.96. The third-order valence-electron chi connectivity index (χ3n) is 3.16. The Hall–Kier alpha value is -1.13. The summed E-state index contributed by atoms with van der Waals surface area (Å²) in [5.41, 5.74) is 0.602. The second kappa shape index (κ2) is 5.47. The molecule has 17 heavy (non-hydrogen) atoms. The van der Waals surface area contributed by atoms with Crippen LogP contribution in [0.2, 0.25) is 0 Å². The van der Waals surface area contributed by atoms with E-state index in [0.29, 0.717) is 5.75 Å². The summed E-state index contributed by atoms with van der Waals surface area (Å²) >= 11 is 0. The standard InChI is InChI=1S/C13H21FN2O/c1-13(2,16-4)12(15-3)10-8-9(14)6-7-11(10)17-5/h6-8,12,15-16H,1-5H3. The van der Waals surface area contributed by atoms with Crippen molar-refractivity contribution in [2.75, 3.05) is 21.2 Å². The fraction of sp³-hybridized carbons (Fsp3) is 0.538. The van der Waals surface area contributed by atoms with Crippen LogP contribution in [0.15, 0.2) is 18.2 Å². The molecular weight excluding hydrogens is 219 g/mol. The first-order chi connectivity index (χ1) is 7.96. The molecule has 2 N–H and O–H groups in total. The van der Waals surface area contributed by atoms with Gasteiger partial charge >= 0.3 is 0 Å². The Morgan fingerprint density at radius 1 is 1.29 bits per heavy atom. The molecule has 1 atom stereocenters. The number of hydrogen-bond donors (Lipinski definition) is 2. The van der Waals surface area contributed by atoms with Crippen molar-refractivity contribution < 1.29 is 9.13 Å². The normalized spacial score (nSPS) is 13.5. The van der Waals surface area contributed by atoms with Crippen LogP contribution in [0.25, 0.3) is 0 Å². The third-order valence-corrected chi connectivity index (χ3v) is 3.16. The summed E-state index contributed by atoms with van der Waals surface area (Å²) in [6, 6.07) is 4.53. The van der Waals surface area contributed by atoms with E-state index in [2.05, 4.69) is 24.5 Å². The van der Waals surface area contributed by atoms with E-state index in [-0.39, 0.29) is 17.4 Å². The molecule has 96 valence electrons. The lowest BCUT2D eigenvalue weighted by atomic mass is 9.88. The summed E-state index contributed by atoms with van der Waals surface area (Å²) in [5, 5.41) is 6.42. The highest BCUT2D eigenvalue weighted by molar-refractivity contribution is 5.38. The lowest BCUT2D eigenvalue weighted by Gasteiger charge is -2.35. The first-order valence-electron chi connectivity index (χ1n) is 5.66. The van der Waals surface area contributed by atoms with Gasteiger partial charge in [-0.15, -0.1) is 0 Å². The Labute approximate surface area is 102 Å². The van der Waals surface area contributed by atoms with Gasteiger partial charge in [0.2, 0.25) is 0 Å². The van der Waals surface area contributed by atoms with Gasteiger partial charge < -0.3 is 15.4 Å². The van der Waals surface area contributed by atoms with E-state index >= 15 is 0 Å². The van der Waals surface area contributed by atoms with Gasteiger partial charge in [0.1, 0.15) is 11.6 Å². The number of likely N-dealkylation sites (N-methyl/N-ethyl adjacent to an activating group) is 2. The molecule has 0 aromatic heterocycles. The summed E-state index contributed by atoms with van der Waals surface area (Å²) in [5.74, 6) is 0.432. The first-order valence-corrected chi connectivity index (χ1v) is 5.66. The monoisotopic (exact) mass is 240 g/mol. The Morgan fingerprint density at radius 3 is 2.41 bits per heavy atom. The maximum absolute atomic E-state index is 13.4. The molecular formula is C13H21FN2O. The van der Waals surface area contributed by atoms with Crippen LogP contribution in [0.5, 0.6) is 5.75 Å². The molecule has 0 bridgehead atoms. The molecule has 0 heterocycles. The SMILES string of the molecule is CNC(c1cc(F)ccc1OC)C(C)(C)NC. The summed E-state index contributed by atoms with van der Waals surface area (Å²) in [6.45, 7) is 4.11. The molecule has 0 aliphatic carbocycles. The number of nitrogens with one attached hydrogen (secondary N) is 2. The van der Waals surface area contributed by atoms with Crippen LogP contribution in [0, 0.1) is 5.82 Å². The average Bonchev–Trinajstić information content (AvgIpc) is 2.30. The van der Waals surface area contributed by atoms with Gasteiger partial charge in [0, 0.05) is 11.1 Å². The van der Waals surface area contributed by atoms with Crippen LogP contribution in [0.3, 0.4) is 0 Å². The molecule has 4 heteroatoms. The largest absolute Gasteiger partial charge is 0.496 e. The topological polar surface area (TPSA) is 33.3 Å². The van der Waals surface area contributed by atoms with Crippen LogP contribution >= 0.6 is 0 Å². The number of ether oxygens (including phenoxy) is 1. The number of methoxy groups -OCH3 is 1. The predicted octanol–water partition coefficient (Wildman–Crippen LogP) is 2.09. The summed E-state index contributed by atoms with van der Waals surface area (Å²) in [4.78, 5) is 0. The number of rotatable bonds is 5. The Morgan fingerprint density at radius 2 is 1.94 bits per heavy atom. The van der Waals surface area contributed by atoms with E-state index in [9.17, 15) is 4.39 Å². The second-order valence-electron chi connectivity index (χ2n) is 4.58. The zero-order valence-corrected chi connectivity index (χ0v) is 11.1. The van der Waals surface area contributed by atoms with Crippen LogP contribution in [-0.4, -0.2) is 26.7 Å². The quantitative estimate of drug-likeness (QED) is 0.827. The molecule has 1 aromatic carbocycles. The van der Waals surface area contributed by atoms with E-state index in [1.807, 2.05) is 14.1 Å². The minimum atomic E-state index is -0.257. The van der Waals surface area contributed by atoms with Crippen LogP contribution < -0.4 is 15.4 Å². The highest BCUT2D eigenvalue weighted by Gasteiger charge is 2.30. The zero-order chi connectivity index (χ0) is 13.1. The van der Waals surface area contributed by atoms with Crippen LogP contribution in [-0.2, 0) is 0 Å². The van der Waals surface area contributed by atoms with Crippen molar-refractivity contribution in [3.63, 3.8) is 0 Å². The fourth-order valence-corrected chi connectivity index (χ4v) is 1.98. The van der Waals surface area contributed by atoms with Crippen molar-refractivity contribution in [1.29, 1.82) is 0 Å². The molecule has 3 nitrogen and oxygen atoms in total. The van der Waals surface area contributed by atoms with E-state index in [1.54, 1.807) is 13.2 Å². The maximum atomic E-state index is 13.4. The van der Waals surface area contributed by atoms with Crippen molar-refractivity contribution in [2.45, 2.75) is 25.4 Å². The van der Waals surface area contributed by atoms with Gasteiger partial charge in [-0.05, 0) is 46.1 Å². The Balaban J connectivity index is 3.23. The fourth-order valence-electron chi connectivity index (χ4n) is 1.98. The smallest absolute Gasteiger partial charge is 0.123 e. The summed E-state index contributed by atoms with van der Waals surface area (Å²) < 4.78 is 18.7. The van der Waals surface area contributed by atoms with E-state index < -0.39 is 0 Å². The molecule has 1 aromatic rings. The van der Waals surface area contributed by atoms with Gasteiger partial charge in [0.15, 0.2) is 0 Å². The van der Waals surface area contributed by atoms with Gasteiger partial charge in [-0.1, -0.05) is 0 Å². The predicted molar refractivity (Wildman–Crippen MR) is 67.9 cm³/mol. The molecule has 1 unspecified atom stereocenters. The summed E-state index contributed by atoms with van der Waals surface area (Å²) in [6.07, 6.45) is 0. The lowest BCUT2D eigenvalue weighted by Crippen LogP contribution is -2.47. The number of hydrogen-bond acceptors (Lipinski definition) is 3. The first kappa shape index (κ1) is 13.9. The van der Waals surface area contributed by atoms with Crippen LogP contribution in [0.1, 0.15) is 25.5 Å². The van der Waals surface area contributed by atoms with Gasteiger partial charge in [-0.2, -0.15) is 0 Å². The molecule has 0 spiro atoms. The van der Waals surface area contributed by atoms with E-state index in [1.165, 1.54) is 12.1 Å². The minimum absolute atomic E-state index is 0.0434. The highest BCUT2D eigenvalue weighted by atomic mass is 19.1.